The number of rotatable bonds is 10. The molecular formula is C16H30ClN3O2. The van der Waals surface area contributed by atoms with E-state index in [2.05, 4.69) is 22.1 Å². The maximum Gasteiger partial charge on any atom is 0.243 e. The third-order valence-corrected chi connectivity index (χ3v) is 4.03. The Balaban J connectivity index is 2.27. The summed E-state index contributed by atoms with van der Waals surface area (Å²) in [6, 6.07) is -0.137. The van der Waals surface area contributed by atoms with E-state index in [9.17, 15) is 4.79 Å². The number of alkyl halides is 1. The Morgan fingerprint density at radius 3 is 2.73 bits per heavy atom. The first-order valence-electron chi connectivity index (χ1n) is 8.05. The van der Waals surface area contributed by atoms with E-state index in [-0.39, 0.29) is 23.4 Å². The number of carbonyl (C=O) groups is 1. The zero-order valence-electron chi connectivity index (χ0n) is 14.0. The number of ether oxygens (including phenoxy) is 1. The average Bonchev–Trinajstić information content (AvgIpc) is 2.45. The van der Waals surface area contributed by atoms with Crippen LogP contribution in [0.1, 0.15) is 33.1 Å². The normalized spacial score (nSPS) is 23.3. The number of unbranched alkanes of at least 4 members (excludes halogenated alkanes) is 1. The lowest BCUT2D eigenvalue weighted by Crippen LogP contribution is -2.55. The zero-order chi connectivity index (χ0) is 16.5. The van der Waals surface area contributed by atoms with Gasteiger partial charge in [-0.1, -0.05) is 6.58 Å². The molecule has 0 aromatic heterocycles. The lowest BCUT2D eigenvalue weighted by Gasteiger charge is -2.31. The second kappa shape index (κ2) is 10.1. The topological polar surface area (TPSA) is 53.6 Å². The summed E-state index contributed by atoms with van der Waals surface area (Å²) in [5.41, 5.74) is 0.891. The summed E-state index contributed by atoms with van der Waals surface area (Å²) in [6.45, 7) is 11.3. The second-order valence-electron chi connectivity index (χ2n) is 6.02. The van der Waals surface area contributed by atoms with Crippen molar-refractivity contribution in [2.24, 2.45) is 0 Å². The minimum absolute atomic E-state index is 0.0125. The van der Waals surface area contributed by atoms with Crippen LogP contribution >= 0.6 is 11.6 Å². The van der Waals surface area contributed by atoms with Gasteiger partial charge in [-0.3, -0.25) is 9.69 Å². The molecule has 0 spiro atoms. The van der Waals surface area contributed by atoms with Gasteiger partial charge in [-0.15, -0.1) is 11.6 Å². The average molecular weight is 332 g/mol. The fraction of sp³-hybridized carbons (Fsp3) is 0.812. The van der Waals surface area contributed by atoms with Crippen LogP contribution in [-0.4, -0.2) is 61.6 Å². The van der Waals surface area contributed by atoms with E-state index in [1.807, 2.05) is 13.8 Å². The first-order valence-corrected chi connectivity index (χ1v) is 8.48. The summed E-state index contributed by atoms with van der Waals surface area (Å²) in [5.74, 6) is 0.0746. The van der Waals surface area contributed by atoms with Gasteiger partial charge >= 0.3 is 0 Å². The Morgan fingerprint density at radius 2 is 2.09 bits per heavy atom. The van der Waals surface area contributed by atoms with Crippen LogP contribution in [0.5, 0.6) is 0 Å². The highest BCUT2D eigenvalue weighted by atomic mass is 35.5. The molecule has 5 nitrogen and oxygen atoms in total. The molecule has 0 radical (unpaired) electrons. The molecule has 128 valence electrons. The quantitative estimate of drug-likeness (QED) is 0.473. The molecule has 0 bridgehead atoms. The van der Waals surface area contributed by atoms with Gasteiger partial charge < -0.3 is 15.4 Å². The lowest BCUT2D eigenvalue weighted by atomic mass is 10.0. The lowest BCUT2D eigenvalue weighted by molar-refractivity contribution is -0.124. The molecule has 1 saturated heterocycles. The summed E-state index contributed by atoms with van der Waals surface area (Å²) in [4.78, 5) is 14.2. The third-order valence-electron chi connectivity index (χ3n) is 3.90. The highest BCUT2D eigenvalue weighted by Gasteiger charge is 2.26. The molecule has 0 saturated carbocycles. The first-order chi connectivity index (χ1) is 10.4. The van der Waals surface area contributed by atoms with E-state index in [1.165, 1.54) is 0 Å². The van der Waals surface area contributed by atoms with Crippen molar-refractivity contribution in [2.45, 2.75) is 50.6 Å². The number of carbonyl (C=O) groups excluding carboxylic acids is 1. The summed E-state index contributed by atoms with van der Waals surface area (Å²) in [5, 5.41) is 6.28. The van der Waals surface area contributed by atoms with Gasteiger partial charge in [0.1, 0.15) is 6.04 Å². The Kier molecular flexibility index (Phi) is 8.83. The molecule has 1 heterocycles. The predicted octanol–water partition coefficient (Wildman–Crippen LogP) is 1.72. The number of hydrogen-bond donors (Lipinski definition) is 2. The molecule has 2 N–H and O–H groups in total. The molecule has 0 aromatic carbocycles. The van der Waals surface area contributed by atoms with E-state index in [0.717, 1.165) is 44.6 Å². The van der Waals surface area contributed by atoms with Crippen LogP contribution in [-0.2, 0) is 9.53 Å². The number of nitrogens with one attached hydrogen (secondary N) is 2. The largest absolute Gasteiger partial charge is 0.383 e. The Bertz CT molecular complexity index is 363. The molecule has 1 aliphatic rings. The van der Waals surface area contributed by atoms with E-state index in [0.29, 0.717) is 6.61 Å². The fourth-order valence-corrected chi connectivity index (χ4v) is 2.77. The van der Waals surface area contributed by atoms with E-state index >= 15 is 0 Å². The molecule has 3 atom stereocenters. The fourth-order valence-electron chi connectivity index (χ4n) is 2.57. The highest BCUT2D eigenvalue weighted by molar-refractivity contribution is 6.20. The molecule has 1 fully saturated rings. The van der Waals surface area contributed by atoms with Crippen LogP contribution < -0.4 is 10.6 Å². The van der Waals surface area contributed by atoms with Gasteiger partial charge in [0, 0.05) is 31.3 Å². The van der Waals surface area contributed by atoms with Crippen LogP contribution in [0.4, 0.5) is 0 Å². The summed E-state index contributed by atoms with van der Waals surface area (Å²) < 4.78 is 5.13. The van der Waals surface area contributed by atoms with Gasteiger partial charge in [0.25, 0.3) is 0 Å². The number of amides is 1. The van der Waals surface area contributed by atoms with Crippen molar-refractivity contribution < 1.29 is 9.53 Å². The van der Waals surface area contributed by atoms with Crippen molar-refractivity contribution >= 4 is 17.5 Å². The van der Waals surface area contributed by atoms with E-state index < -0.39 is 0 Å². The van der Waals surface area contributed by atoms with Gasteiger partial charge in [0.2, 0.25) is 5.91 Å². The minimum Gasteiger partial charge on any atom is -0.383 e. The SMILES string of the molecule is C=C1NC(CCCCN(CCOC)CC(C)Cl)C(=O)NC1C. The van der Waals surface area contributed by atoms with Crippen molar-refractivity contribution in [3.05, 3.63) is 12.3 Å². The molecule has 6 heteroatoms. The molecular weight excluding hydrogens is 302 g/mol. The Morgan fingerprint density at radius 1 is 1.36 bits per heavy atom. The van der Waals surface area contributed by atoms with Gasteiger partial charge in [-0.25, -0.2) is 0 Å². The third kappa shape index (κ3) is 6.99. The maximum atomic E-state index is 11.9. The van der Waals surface area contributed by atoms with Crippen LogP contribution in [0, 0.1) is 0 Å². The van der Waals surface area contributed by atoms with E-state index in [1.54, 1.807) is 7.11 Å². The molecule has 3 unspecified atom stereocenters. The zero-order valence-corrected chi connectivity index (χ0v) is 14.8. The summed E-state index contributed by atoms with van der Waals surface area (Å²) >= 11 is 6.08. The Hall–Kier alpha value is -0.780. The molecule has 0 aromatic rings. The molecule has 22 heavy (non-hydrogen) atoms. The molecule has 1 amide bonds. The van der Waals surface area contributed by atoms with Gasteiger partial charge in [0.15, 0.2) is 0 Å². The summed E-state index contributed by atoms with van der Waals surface area (Å²) in [7, 11) is 1.71. The smallest absolute Gasteiger partial charge is 0.243 e. The number of halogens is 1. The van der Waals surface area contributed by atoms with E-state index in [4.69, 9.17) is 16.3 Å². The standard InChI is InChI=1S/C16H30ClN3O2/c1-12(17)11-20(9-10-22-4)8-6-5-7-15-16(21)19-14(3)13(2)18-15/h12,14-15,18H,2,5-11H2,1,3-4H3,(H,19,21). The van der Waals surface area contributed by atoms with Gasteiger partial charge in [-0.2, -0.15) is 0 Å². The monoisotopic (exact) mass is 331 g/mol. The number of hydrogen-bond acceptors (Lipinski definition) is 4. The van der Waals surface area contributed by atoms with Crippen molar-refractivity contribution in [1.29, 1.82) is 0 Å². The maximum absolute atomic E-state index is 11.9. The van der Waals surface area contributed by atoms with Crippen molar-refractivity contribution in [1.82, 2.24) is 15.5 Å². The van der Waals surface area contributed by atoms with Crippen LogP contribution in [0.3, 0.4) is 0 Å². The number of piperazine rings is 1. The van der Waals surface area contributed by atoms with Crippen molar-refractivity contribution in [3.63, 3.8) is 0 Å². The molecule has 1 rings (SSSR count). The summed E-state index contributed by atoms with van der Waals surface area (Å²) in [6.07, 6.45) is 2.86. The molecule has 1 aliphatic heterocycles. The Labute approximate surface area is 139 Å². The van der Waals surface area contributed by atoms with Crippen LogP contribution in [0.25, 0.3) is 0 Å². The van der Waals surface area contributed by atoms with Gasteiger partial charge in [-0.05, 0) is 39.7 Å². The van der Waals surface area contributed by atoms with Crippen molar-refractivity contribution in [3.8, 4) is 0 Å². The first kappa shape index (κ1) is 19.3. The van der Waals surface area contributed by atoms with Crippen LogP contribution in [0.2, 0.25) is 0 Å². The number of nitrogens with zero attached hydrogens (tertiary/aromatic N) is 1. The van der Waals surface area contributed by atoms with Gasteiger partial charge in [0.05, 0.1) is 12.6 Å². The van der Waals surface area contributed by atoms with Crippen molar-refractivity contribution in [2.75, 3.05) is 33.4 Å². The predicted molar refractivity (Wildman–Crippen MR) is 91.2 cm³/mol. The number of methoxy groups -OCH3 is 1. The highest BCUT2D eigenvalue weighted by Crippen LogP contribution is 2.11. The minimum atomic E-state index is -0.150. The van der Waals surface area contributed by atoms with Crippen LogP contribution in [0.15, 0.2) is 12.3 Å². The second-order valence-corrected chi connectivity index (χ2v) is 6.77. The molecule has 0 aliphatic carbocycles.